The molecule has 0 amide bonds. The van der Waals surface area contributed by atoms with E-state index in [-0.39, 0.29) is 13.4 Å². The van der Waals surface area contributed by atoms with Gasteiger partial charge in [-0.3, -0.25) is 0 Å². The fourth-order valence-electron chi connectivity index (χ4n) is 2.21. The highest BCUT2D eigenvalue weighted by Crippen LogP contribution is 2.32. The molecule has 0 atom stereocenters. The molecule has 0 saturated carbocycles. The number of carbonyl (C=O) groups excluding carboxylic acids is 1. The van der Waals surface area contributed by atoms with Gasteiger partial charge in [-0.05, 0) is 30.3 Å². The lowest BCUT2D eigenvalue weighted by Crippen LogP contribution is -2.14. The second kappa shape index (κ2) is 6.57. The summed E-state index contributed by atoms with van der Waals surface area (Å²) < 4.78 is 16.0. The molecule has 0 bridgehead atoms. The van der Waals surface area contributed by atoms with Gasteiger partial charge in [0, 0.05) is 21.2 Å². The Labute approximate surface area is 137 Å². The second-order valence-electron chi connectivity index (χ2n) is 4.75. The fraction of sp³-hybridized carbons (Fsp3) is 0.188. The standard InChI is InChI=1S/C16H12Cl2O4/c17-13-3-1-2-10(4-13)16(19)21-8-12-6-14(18)5-11-7-20-9-22-15(11)12/h1-6H,7-9H2. The van der Waals surface area contributed by atoms with Crippen molar-refractivity contribution in [2.24, 2.45) is 0 Å². The molecule has 2 aromatic carbocycles. The van der Waals surface area contributed by atoms with Gasteiger partial charge in [0.1, 0.15) is 12.4 Å². The van der Waals surface area contributed by atoms with Crippen molar-refractivity contribution >= 4 is 29.2 Å². The molecule has 114 valence electrons. The van der Waals surface area contributed by atoms with E-state index in [9.17, 15) is 4.79 Å². The summed E-state index contributed by atoms with van der Waals surface area (Å²) >= 11 is 11.9. The lowest BCUT2D eigenvalue weighted by atomic mass is 10.1. The van der Waals surface area contributed by atoms with Crippen LogP contribution in [0.5, 0.6) is 5.75 Å². The largest absolute Gasteiger partial charge is 0.467 e. The number of benzene rings is 2. The van der Waals surface area contributed by atoms with Gasteiger partial charge >= 0.3 is 5.97 Å². The average Bonchev–Trinajstić information content (AvgIpc) is 2.52. The molecular formula is C16H12Cl2O4. The van der Waals surface area contributed by atoms with Crippen molar-refractivity contribution in [1.29, 1.82) is 0 Å². The molecule has 6 heteroatoms. The Morgan fingerprint density at radius 3 is 2.86 bits per heavy atom. The van der Waals surface area contributed by atoms with Crippen LogP contribution in [0.2, 0.25) is 10.0 Å². The predicted molar refractivity (Wildman–Crippen MR) is 82.3 cm³/mol. The Hall–Kier alpha value is -1.75. The third kappa shape index (κ3) is 3.35. The number of esters is 1. The fourth-order valence-corrected chi connectivity index (χ4v) is 2.66. The molecule has 3 rings (SSSR count). The van der Waals surface area contributed by atoms with Crippen LogP contribution in [0.1, 0.15) is 21.5 Å². The minimum atomic E-state index is -0.455. The summed E-state index contributed by atoms with van der Waals surface area (Å²) in [6.07, 6.45) is 0. The average molecular weight is 339 g/mol. The molecule has 0 N–H and O–H groups in total. The van der Waals surface area contributed by atoms with Crippen molar-refractivity contribution in [2.45, 2.75) is 13.2 Å². The van der Waals surface area contributed by atoms with Crippen molar-refractivity contribution in [3.8, 4) is 5.75 Å². The normalized spacial score (nSPS) is 13.2. The maximum Gasteiger partial charge on any atom is 0.338 e. The third-order valence-corrected chi connectivity index (χ3v) is 3.62. The summed E-state index contributed by atoms with van der Waals surface area (Å²) in [5.74, 6) is 0.206. The summed E-state index contributed by atoms with van der Waals surface area (Å²) in [5, 5.41) is 1.02. The van der Waals surface area contributed by atoms with Crippen LogP contribution in [0.25, 0.3) is 0 Å². The molecule has 0 unspecified atom stereocenters. The molecule has 0 aliphatic carbocycles. The van der Waals surface area contributed by atoms with Gasteiger partial charge in [0.25, 0.3) is 0 Å². The minimum absolute atomic E-state index is 0.0637. The van der Waals surface area contributed by atoms with Crippen LogP contribution < -0.4 is 4.74 Å². The van der Waals surface area contributed by atoms with Gasteiger partial charge in [-0.2, -0.15) is 0 Å². The van der Waals surface area contributed by atoms with E-state index in [0.29, 0.717) is 33.5 Å². The van der Waals surface area contributed by atoms with Crippen molar-refractivity contribution < 1.29 is 19.0 Å². The van der Waals surface area contributed by atoms with Gasteiger partial charge < -0.3 is 14.2 Å². The van der Waals surface area contributed by atoms with Crippen molar-refractivity contribution in [1.82, 2.24) is 0 Å². The van der Waals surface area contributed by atoms with Crippen molar-refractivity contribution in [2.75, 3.05) is 6.79 Å². The minimum Gasteiger partial charge on any atom is -0.467 e. The Bertz CT molecular complexity index is 715. The topological polar surface area (TPSA) is 44.8 Å². The van der Waals surface area contributed by atoms with Gasteiger partial charge in [0.15, 0.2) is 6.79 Å². The highest BCUT2D eigenvalue weighted by Gasteiger charge is 2.18. The summed E-state index contributed by atoms with van der Waals surface area (Å²) in [7, 11) is 0. The molecule has 0 aromatic heterocycles. The molecular weight excluding hydrogens is 327 g/mol. The number of fused-ring (bicyclic) bond motifs is 1. The van der Waals surface area contributed by atoms with E-state index in [1.54, 1.807) is 36.4 Å². The molecule has 0 saturated heterocycles. The van der Waals surface area contributed by atoms with Gasteiger partial charge in [-0.25, -0.2) is 4.79 Å². The first-order chi connectivity index (χ1) is 10.6. The first kappa shape index (κ1) is 15.2. The smallest absolute Gasteiger partial charge is 0.338 e. The number of rotatable bonds is 3. The highest BCUT2D eigenvalue weighted by atomic mass is 35.5. The van der Waals surface area contributed by atoms with E-state index >= 15 is 0 Å². The van der Waals surface area contributed by atoms with Gasteiger partial charge in [0.05, 0.1) is 12.2 Å². The number of hydrogen-bond acceptors (Lipinski definition) is 4. The summed E-state index contributed by atoms with van der Waals surface area (Å²) in [4.78, 5) is 12.0. The van der Waals surface area contributed by atoms with E-state index in [0.717, 1.165) is 5.56 Å². The van der Waals surface area contributed by atoms with Gasteiger partial charge in [-0.1, -0.05) is 29.3 Å². The molecule has 1 aliphatic heterocycles. The molecule has 22 heavy (non-hydrogen) atoms. The molecule has 0 spiro atoms. The Kier molecular flexibility index (Phi) is 4.52. The number of hydrogen-bond donors (Lipinski definition) is 0. The number of carbonyl (C=O) groups is 1. The molecule has 2 aromatic rings. The van der Waals surface area contributed by atoms with E-state index in [1.807, 2.05) is 0 Å². The van der Waals surface area contributed by atoms with E-state index in [4.69, 9.17) is 37.4 Å². The van der Waals surface area contributed by atoms with E-state index < -0.39 is 5.97 Å². The zero-order valence-corrected chi connectivity index (χ0v) is 13.0. The summed E-state index contributed by atoms with van der Waals surface area (Å²) in [6, 6.07) is 10.1. The SMILES string of the molecule is O=C(OCc1cc(Cl)cc2c1OCOC2)c1cccc(Cl)c1. The van der Waals surface area contributed by atoms with Crippen molar-refractivity contribution in [3.05, 3.63) is 63.1 Å². The quantitative estimate of drug-likeness (QED) is 0.786. The van der Waals surface area contributed by atoms with Crippen LogP contribution in [0.15, 0.2) is 36.4 Å². The Balaban J connectivity index is 1.76. The Morgan fingerprint density at radius 2 is 2.05 bits per heavy atom. The first-order valence-corrected chi connectivity index (χ1v) is 7.33. The van der Waals surface area contributed by atoms with Crippen molar-refractivity contribution in [3.63, 3.8) is 0 Å². The monoisotopic (exact) mass is 338 g/mol. The van der Waals surface area contributed by atoms with Gasteiger partial charge in [-0.15, -0.1) is 0 Å². The molecule has 1 heterocycles. The number of halogens is 2. The lowest BCUT2D eigenvalue weighted by Gasteiger charge is -2.21. The maximum atomic E-state index is 12.0. The molecule has 0 fully saturated rings. The van der Waals surface area contributed by atoms with E-state index in [2.05, 4.69) is 0 Å². The van der Waals surface area contributed by atoms with Crippen LogP contribution in [0.4, 0.5) is 0 Å². The zero-order valence-electron chi connectivity index (χ0n) is 11.5. The second-order valence-corrected chi connectivity index (χ2v) is 5.62. The Morgan fingerprint density at radius 1 is 1.18 bits per heavy atom. The molecule has 4 nitrogen and oxygen atoms in total. The predicted octanol–water partition coefficient (Wildman–Crippen LogP) is 4.22. The lowest BCUT2D eigenvalue weighted by molar-refractivity contribution is -0.0180. The summed E-state index contributed by atoms with van der Waals surface area (Å²) in [5.41, 5.74) is 1.95. The van der Waals surface area contributed by atoms with Crippen LogP contribution in [0, 0.1) is 0 Å². The third-order valence-electron chi connectivity index (χ3n) is 3.17. The molecule has 1 aliphatic rings. The maximum absolute atomic E-state index is 12.0. The number of ether oxygens (including phenoxy) is 3. The van der Waals surface area contributed by atoms with Gasteiger partial charge in [0.2, 0.25) is 0 Å². The van der Waals surface area contributed by atoms with Crippen LogP contribution in [-0.4, -0.2) is 12.8 Å². The zero-order chi connectivity index (χ0) is 15.5. The first-order valence-electron chi connectivity index (χ1n) is 6.58. The van der Waals surface area contributed by atoms with Crippen LogP contribution in [-0.2, 0) is 22.7 Å². The van der Waals surface area contributed by atoms with E-state index in [1.165, 1.54) is 0 Å². The summed E-state index contributed by atoms with van der Waals surface area (Å²) in [6.45, 7) is 0.656. The highest BCUT2D eigenvalue weighted by molar-refractivity contribution is 6.31. The molecule has 0 radical (unpaired) electrons. The van der Waals surface area contributed by atoms with Crippen LogP contribution in [0.3, 0.4) is 0 Å². The van der Waals surface area contributed by atoms with Crippen LogP contribution >= 0.6 is 23.2 Å².